The van der Waals surface area contributed by atoms with E-state index in [0.717, 1.165) is 17.9 Å². The molecule has 2 nitrogen and oxygen atoms in total. The van der Waals surface area contributed by atoms with E-state index in [4.69, 9.17) is 10.5 Å². The Bertz CT molecular complexity index is 117. The van der Waals surface area contributed by atoms with Crippen LogP contribution in [0.15, 0.2) is 0 Å². The van der Waals surface area contributed by atoms with Crippen molar-refractivity contribution in [1.82, 2.24) is 0 Å². The van der Waals surface area contributed by atoms with Crippen molar-refractivity contribution in [2.45, 2.75) is 6.42 Å². The van der Waals surface area contributed by atoms with Crippen LogP contribution in [0.3, 0.4) is 0 Å². The van der Waals surface area contributed by atoms with Crippen LogP contribution in [0.25, 0.3) is 0 Å². The Morgan fingerprint density at radius 2 is 1.44 bits per heavy atom. The average Bonchev–Trinajstić information content (AvgIpc) is 1.89. The first-order valence-electron chi connectivity index (χ1n) is 2.43. The lowest BCUT2D eigenvalue weighted by molar-refractivity contribution is 1.13. The van der Waals surface area contributed by atoms with Gasteiger partial charge < -0.3 is 0 Å². The summed E-state index contributed by atoms with van der Waals surface area (Å²) < 4.78 is 0. The summed E-state index contributed by atoms with van der Waals surface area (Å²) in [6.07, 6.45) is 0.941. The third-order valence-corrected chi connectivity index (χ3v) is 1.87. The van der Waals surface area contributed by atoms with Crippen LogP contribution < -0.4 is 0 Å². The monoisotopic (exact) mass is 158 g/mol. The van der Waals surface area contributed by atoms with Crippen LogP contribution in [0.5, 0.6) is 0 Å². The summed E-state index contributed by atoms with van der Waals surface area (Å²) in [5.74, 6) is 1.68. The Labute approximate surface area is 63.2 Å². The van der Waals surface area contributed by atoms with Crippen LogP contribution >= 0.6 is 23.5 Å². The van der Waals surface area contributed by atoms with Crippen LogP contribution in [0.1, 0.15) is 6.42 Å². The first kappa shape index (κ1) is 8.68. The Kier molecular flexibility index (Phi) is 7.41. The third kappa shape index (κ3) is 7.68. The molecule has 0 fully saturated rings. The van der Waals surface area contributed by atoms with Crippen molar-refractivity contribution < 1.29 is 0 Å². The van der Waals surface area contributed by atoms with E-state index >= 15 is 0 Å². The lowest BCUT2D eigenvalue weighted by atomic mass is 10.6. The van der Waals surface area contributed by atoms with Crippen LogP contribution in [0.4, 0.5) is 0 Å². The number of thioether (sulfide) groups is 2. The molecule has 0 saturated carbocycles. The molecule has 0 aliphatic heterocycles. The molecule has 0 heterocycles. The van der Waals surface area contributed by atoms with E-state index in [0.29, 0.717) is 0 Å². The number of nitrogens with zero attached hydrogens (tertiary/aromatic N) is 2. The quantitative estimate of drug-likeness (QED) is 0.462. The smallest absolute Gasteiger partial charge is 0.133 e. The number of hydrogen-bond donors (Lipinski definition) is 0. The Balaban J connectivity index is 2.79. The zero-order valence-corrected chi connectivity index (χ0v) is 6.47. The van der Waals surface area contributed by atoms with Crippen molar-refractivity contribution in [2.24, 2.45) is 0 Å². The number of rotatable bonds is 4. The maximum Gasteiger partial charge on any atom is 0.133 e. The predicted octanol–water partition coefficient (Wildman–Crippen LogP) is 1.81. The second-order valence-corrected chi connectivity index (χ2v) is 2.99. The summed E-state index contributed by atoms with van der Waals surface area (Å²) in [6.45, 7) is 0. The van der Waals surface area contributed by atoms with E-state index in [-0.39, 0.29) is 0 Å². The average molecular weight is 158 g/mol. The van der Waals surface area contributed by atoms with Gasteiger partial charge in [-0.05, 0) is 29.9 Å². The molecule has 0 aromatic carbocycles. The molecule has 0 unspecified atom stereocenters. The second-order valence-electron chi connectivity index (χ2n) is 1.23. The fourth-order valence-corrected chi connectivity index (χ4v) is 1.24. The molecular formula is C5H6N2S2. The maximum absolute atomic E-state index is 8.06. The highest BCUT2D eigenvalue weighted by molar-refractivity contribution is 8.04. The molecule has 0 amide bonds. The fourth-order valence-electron chi connectivity index (χ4n) is 0.295. The molecule has 0 atom stereocenters. The van der Waals surface area contributed by atoms with E-state index in [2.05, 4.69) is 0 Å². The molecule has 4 heteroatoms. The predicted molar refractivity (Wildman–Crippen MR) is 40.8 cm³/mol. The van der Waals surface area contributed by atoms with Crippen LogP contribution in [-0.2, 0) is 0 Å². The molecular weight excluding hydrogens is 152 g/mol. The summed E-state index contributed by atoms with van der Waals surface area (Å²) in [4.78, 5) is 0. The molecule has 0 rings (SSSR count). The summed E-state index contributed by atoms with van der Waals surface area (Å²) in [7, 11) is 0. The first-order valence-corrected chi connectivity index (χ1v) is 4.40. The molecule has 0 spiro atoms. The van der Waals surface area contributed by atoms with Gasteiger partial charge in [0.2, 0.25) is 0 Å². The summed E-state index contributed by atoms with van der Waals surface area (Å²) in [6, 6.07) is 0. The number of nitriles is 2. The zero-order valence-electron chi connectivity index (χ0n) is 4.83. The molecule has 0 aromatic rings. The molecule has 0 bridgehead atoms. The van der Waals surface area contributed by atoms with Crippen LogP contribution in [0, 0.1) is 21.3 Å². The van der Waals surface area contributed by atoms with E-state index in [1.165, 1.54) is 23.5 Å². The largest absolute Gasteiger partial charge is 0.185 e. The zero-order chi connectivity index (χ0) is 6.95. The normalized spacial score (nSPS) is 7.78. The van der Waals surface area contributed by atoms with Gasteiger partial charge in [-0.3, -0.25) is 0 Å². The minimum atomic E-state index is 0.838. The molecule has 0 radical (unpaired) electrons. The van der Waals surface area contributed by atoms with E-state index in [1.54, 1.807) is 0 Å². The molecule has 0 aliphatic carbocycles. The standard InChI is InChI=1S/C5H6N2S2/c6-4-8-2-1-3-9-5-7/h1-3H2. The van der Waals surface area contributed by atoms with Gasteiger partial charge in [-0.2, -0.15) is 10.5 Å². The van der Waals surface area contributed by atoms with Gasteiger partial charge in [0.05, 0.1) is 0 Å². The van der Waals surface area contributed by atoms with Gasteiger partial charge in [0.25, 0.3) is 0 Å². The van der Waals surface area contributed by atoms with Gasteiger partial charge in [-0.1, -0.05) is 0 Å². The second kappa shape index (κ2) is 7.68. The van der Waals surface area contributed by atoms with Crippen molar-refractivity contribution in [2.75, 3.05) is 11.5 Å². The number of hydrogen-bond acceptors (Lipinski definition) is 4. The molecule has 0 aromatic heterocycles. The first-order chi connectivity index (χ1) is 4.41. The summed E-state index contributed by atoms with van der Waals surface area (Å²) in [5, 5.41) is 20.1. The highest BCUT2D eigenvalue weighted by Crippen LogP contribution is 2.04. The topological polar surface area (TPSA) is 47.6 Å². The van der Waals surface area contributed by atoms with E-state index in [9.17, 15) is 0 Å². The highest BCUT2D eigenvalue weighted by Gasteiger charge is 1.86. The molecule has 9 heavy (non-hydrogen) atoms. The summed E-state index contributed by atoms with van der Waals surface area (Å²) in [5.41, 5.74) is 0. The van der Waals surface area contributed by atoms with E-state index < -0.39 is 0 Å². The molecule has 0 N–H and O–H groups in total. The summed E-state index contributed by atoms with van der Waals surface area (Å²) >= 11 is 2.48. The Morgan fingerprint density at radius 1 is 1.00 bits per heavy atom. The van der Waals surface area contributed by atoms with Crippen molar-refractivity contribution in [3.63, 3.8) is 0 Å². The minimum absolute atomic E-state index is 0.838. The van der Waals surface area contributed by atoms with Gasteiger partial charge in [0.15, 0.2) is 0 Å². The van der Waals surface area contributed by atoms with Crippen molar-refractivity contribution >= 4 is 23.5 Å². The molecule has 0 saturated heterocycles. The fraction of sp³-hybridized carbons (Fsp3) is 0.600. The molecule has 48 valence electrons. The van der Waals surface area contributed by atoms with Crippen molar-refractivity contribution in [1.29, 1.82) is 10.5 Å². The Morgan fingerprint density at radius 3 is 1.78 bits per heavy atom. The SMILES string of the molecule is N#CSCCCSC#N. The Hall–Kier alpha value is -0.320. The van der Waals surface area contributed by atoms with Gasteiger partial charge in [0.1, 0.15) is 10.8 Å². The molecule has 0 aliphatic rings. The maximum atomic E-state index is 8.06. The van der Waals surface area contributed by atoms with Crippen molar-refractivity contribution in [3.8, 4) is 10.8 Å². The van der Waals surface area contributed by atoms with Crippen LogP contribution in [0.2, 0.25) is 0 Å². The minimum Gasteiger partial charge on any atom is -0.185 e. The van der Waals surface area contributed by atoms with Gasteiger partial charge in [-0.25, -0.2) is 0 Å². The van der Waals surface area contributed by atoms with Crippen LogP contribution in [-0.4, -0.2) is 11.5 Å². The third-order valence-electron chi connectivity index (χ3n) is 0.622. The van der Waals surface area contributed by atoms with Crippen molar-refractivity contribution in [3.05, 3.63) is 0 Å². The van der Waals surface area contributed by atoms with Gasteiger partial charge in [-0.15, -0.1) is 0 Å². The van der Waals surface area contributed by atoms with E-state index in [1.807, 2.05) is 10.8 Å². The van der Waals surface area contributed by atoms with Gasteiger partial charge in [0, 0.05) is 11.5 Å². The highest BCUT2D eigenvalue weighted by atomic mass is 32.2. The van der Waals surface area contributed by atoms with Gasteiger partial charge >= 0.3 is 0 Å². The lowest BCUT2D eigenvalue weighted by Crippen LogP contribution is -1.79. The lowest BCUT2D eigenvalue weighted by Gasteiger charge is -1.87. The number of thiocyanates is 2.